The van der Waals surface area contributed by atoms with Crippen molar-refractivity contribution >= 4 is 41.1 Å². The maximum atomic E-state index is 14.0. The lowest BCUT2D eigenvalue weighted by molar-refractivity contribution is -0.138. The van der Waals surface area contributed by atoms with Gasteiger partial charge >= 0.3 is 12.4 Å². The van der Waals surface area contributed by atoms with Crippen molar-refractivity contribution in [3.63, 3.8) is 0 Å². The fourth-order valence-corrected chi connectivity index (χ4v) is 10.9. The first-order valence-corrected chi connectivity index (χ1v) is 25.0. The monoisotopic (exact) mass is 1040 g/mol. The molecule has 4 aromatic carbocycles. The van der Waals surface area contributed by atoms with Crippen LogP contribution in [0, 0.1) is 13.8 Å². The largest absolute Gasteiger partial charge is 0.497 e. The van der Waals surface area contributed by atoms with Crippen LogP contribution in [-0.4, -0.2) is 131 Å². The lowest BCUT2D eigenvalue weighted by atomic mass is 9.95. The zero-order valence-corrected chi connectivity index (χ0v) is 42.2. The molecule has 20 heteroatoms. The molecule has 5 N–H and O–H groups in total. The van der Waals surface area contributed by atoms with Crippen molar-refractivity contribution in [2.45, 2.75) is 95.3 Å². The number of halogens is 6. The molecular weight excluding hydrogens is 973 g/mol. The van der Waals surface area contributed by atoms with Crippen LogP contribution in [0.5, 0.6) is 11.5 Å². The van der Waals surface area contributed by atoms with Crippen molar-refractivity contribution in [2.24, 2.45) is 5.73 Å². The maximum Gasteiger partial charge on any atom is 0.418 e. The highest BCUT2D eigenvalue weighted by molar-refractivity contribution is 5.97. The molecule has 4 heterocycles. The number of aryl methyl sites for hydroxylation is 2. The number of carbonyl (C=O) groups excluding carboxylic acids is 4. The first kappa shape index (κ1) is 55.2. The smallest absolute Gasteiger partial charge is 0.418 e. The summed E-state index contributed by atoms with van der Waals surface area (Å²) < 4.78 is 91.3. The molecule has 0 bridgehead atoms. The minimum absolute atomic E-state index is 0.0141. The number of alkyl halides is 6. The summed E-state index contributed by atoms with van der Waals surface area (Å²) in [5, 5.41) is 8.41. The predicted molar refractivity (Wildman–Crippen MR) is 271 cm³/mol. The third-order valence-corrected chi connectivity index (χ3v) is 14.6. The van der Waals surface area contributed by atoms with Crippen LogP contribution in [0.1, 0.15) is 87.1 Å². The Bertz CT molecular complexity index is 2620. The first-order chi connectivity index (χ1) is 35.3. The fourth-order valence-electron chi connectivity index (χ4n) is 10.9. The molecule has 0 aliphatic carbocycles. The average molecular weight is 1040 g/mol. The number of aldehydes is 1. The van der Waals surface area contributed by atoms with Crippen molar-refractivity contribution in [1.29, 1.82) is 0 Å². The van der Waals surface area contributed by atoms with E-state index in [1.165, 1.54) is 46.8 Å². The zero-order chi connectivity index (χ0) is 53.3. The second-order valence-electron chi connectivity index (χ2n) is 19.4. The van der Waals surface area contributed by atoms with Crippen LogP contribution in [-0.2, 0) is 28.4 Å². The number of amides is 3. The molecule has 0 radical (unpaired) electrons. The molecule has 4 aromatic rings. The number of methoxy groups -OCH3 is 2. The Balaban J connectivity index is 0.000000216. The number of nitrogens with zero attached hydrogens (tertiary/aromatic N) is 4. The van der Waals surface area contributed by atoms with Crippen molar-refractivity contribution < 1.29 is 55.0 Å². The van der Waals surface area contributed by atoms with Gasteiger partial charge in [0.05, 0.1) is 31.9 Å². The van der Waals surface area contributed by atoms with Gasteiger partial charge < -0.3 is 45.8 Å². The second-order valence-corrected chi connectivity index (χ2v) is 19.4. The molecule has 4 fully saturated rings. The van der Waals surface area contributed by atoms with Gasteiger partial charge in [0, 0.05) is 111 Å². The number of hydrogen-bond donors (Lipinski definition) is 4. The topological polar surface area (TPSA) is 162 Å². The van der Waals surface area contributed by atoms with Gasteiger partial charge in [0.25, 0.3) is 5.91 Å². The number of primary amides is 1. The van der Waals surface area contributed by atoms with Crippen molar-refractivity contribution in [2.75, 3.05) is 88.2 Å². The standard InChI is InChI=1S/2C27H33F3N4O3/c1-17-15-20(37-2)3-6-24(17)33-12-8-19(9-13-33)34-11-7-18(16-34)32-23-5-4-22(26(31)36)21(10-14-35)25(23)27(28,29)30;1-18-14-23(37-2)6-7-24(18)33-12-9-22(10-13-33)34-11-8-21(17-34)32-25(35)16-31-26(36)19-4-3-5-20(15-19)27(28,29)30/h3-6,14-15,18-19,32H,7-13,16H2,1-2H3,(H2,31,36);3-7,14-15,21-22H,8-13,16-17H2,1-2H3,(H,31,36)(H,32,35)/t18-;21-/m11/s1/i;31+1,32+1. The minimum Gasteiger partial charge on any atom is -0.497 e. The number of anilines is 3. The summed E-state index contributed by atoms with van der Waals surface area (Å²) in [7, 11) is 3.32. The van der Waals surface area contributed by atoms with Crippen LogP contribution in [0.25, 0.3) is 0 Å². The van der Waals surface area contributed by atoms with Crippen LogP contribution >= 0.6 is 0 Å². The van der Waals surface area contributed by atoms with Gasteiger partial charge in [0.15, 0.2) is 0 Å². The van der Waals surface area contributed by atoms with Gasteiger partial charge in [-0.05, 0) is 136 Å². The Morgan fingerprint density at radius 2 is 1.23 bits per heavy atom. The Labute approximate surface area is 427 Å². The summed E-state index contributed by atoms with van der Waals surface area (Å²) in [4.78, 5) is 57.0. The molecule has 4 saturated heterocycles. The van der Waals surface area contributed by atoms with Crippen LogP contribution in [0.4, 0.5) is 43.4 Å². The summed E-state index contributed by atoms with van der Waals surface area (Å²) in [5.41, 5.74) is 7.28. The molecule has 4 aliphatic rings. The number of carbonyl (C=O) groups is 4. The van der Waals surface area contributed by atoms with E-state index in [2.05, 4.69) is 67.6 Å². The molecule has 8 rings (SSSR count). The van der Waals surface area contributed by atoms with E-state index in [4.69, 9.17) is 15.2 Å². The summed E-state index contributed by atoms with van der Waals surface area (Å²) in [6.07, 6.45) is -3.89. The van der Waals surface area contributed by atoms with Gasteiger partial charge in [0.1, 0.15) is 17.8 Å². The molecule has 0 aromatic heterocycles. The minimum atomic E-state index is -4.74. The van der Waals surface area contributed by atoms with Gasteiger partial charge in [-0.2, -0.15) is 26.3 Å². The van der Waals surface area contributed by atoms with Crippen molar-refractivity contribution in [3.8, 4) is 11.5 Å². The number of hydrogen-bond acceptors (Lipinski definition) is 11. The van der Waals surface area contributed by atoms with E-state index < -0.39 is 41.7 Å². The number of piperidine rings is 2. The maximum absolute atomic E-state index is 14.0. The Kier molecular flexibility index (Phi) is 18.1. The number of benzene rings is 4. The summed E-state index contributed by atoms with van der Waals surface area (Å²) in [6.45, 7) is 10.7. The van der Waals surface area contributed by atoms with Gasteiger partial charge in [-0.25, -0.2) is 0 Å². The summed E-state index contributed by atoms with van der Waals surface area (Å²) >= 11 is 0. The lowest BCUT2D eigenvalue weighted by Crippen LogP contribution is -2.46. The molecular formula is C54H66F6N8O6. The van der Waals surface area contributed by atoms with Gasteiger partial charge in [0.2, 0.25) is 11.8 Å². The molecule has 2 atom stereocenters. The van der Waals surface area contributed by atoms with Crippen molar-refractivity contribution in [1.82, 2.24) is 20.4 Å². The Morgan fingerprint density at radius 3 is 1.72 bits per heavy atom. The van der Waals surface area contributed by atoms with Crippen LogP contribution < -0.4 is 41.0 Å². The fraction of sp³-hybridized carbons (Fsp3) is 0.481. The zero-order valence-electron chi connectivity index (χ0n) is 42.2. The molecule has 0 saturated carbocycles. The highest BCUT2D eigenvalue weighted by Crippen LogP contribution is 2.40. The number of rotatable bonds is 15. The molecule has 14 nitrogen and oxygen atoms in total. The van der Waals surface area contributed by atoms with Crippen LogP contribution in [0.2, 0.25) is 0 Å². The van der Waals surface area contributed by atoms with Gasteiger partial charge in [-0.1, -0.05) is 6.07 Å². The first-order valence-electron chi connectivity index (χ1n) is 25.0. The van der Waals surface area contributed by atoms with Crippen LogP contribution in [0.15, 0.2) is 72.8 Å². The van der Waals surface area contributed by atoms with Gasteiger partial charge in [-0.3, -0.25) is 24.2 Å². The average Bonchev–Trinajstić information content (AvgIpc) is 4.05. The predicted octanol–water partition coefficient (Wildman–Crippen LogP) is 7.63. The highest BCUT2D eigenvalue weighted by atomic mass is 19.4. The highest BCUT2D eigenvalue weighted by Gasteiger charge is 2.40. The third-order valence-electron chi connectivity index (χ3n) is 14.6. The van der Waals surface area contributed by atoms with E-state index in [0.29, 0.717) is 31.3 Å². The normalized spacial score (nSPS) is 19.1. The van der Waals surface area contributed by atoms with E-state index in [1.54, 1.807) is 14.2 Å². The summed E-state index contributed by atoms with van der Waals surface area (Å²) in [5.74, 6) is -0.360. The molecule has 0 spiro atoms. The van der Waals surface area contributed by atoms with E-state index in [9.17, 15) is 45.5 Å². The second kappa shape index (κ2) is 24.2. The quantitative estimate of drug-likeness (QED) is 0.0527. The van der Waals surface area contributed by atoms with Gasteiger partial charge in [-0.15, -0.1) is 0 Å². The van der Waals surface area contributed by atoms with E-state index >= 15 is 0 Å². The van der Waals surface area contributed by atoms with E-state index in [0.717, 1.165) is 102 Å². The van der Waals surface area contributed by atoms with E-state index in [1.807, 2.05) is 18.2 Å². The Hall–Kier alpha value is -6.54. The molecule has 74 heavy (non-hydrogen) atoms. The SMILES string of the molecule is COc1ccc(N2CCC(N3CC[C@@H](Nc4ccc(C(N)=O)c(CC=O)c4C(F)(F)F)C3)CC2)c(C)c1.COc1ccc(N2CCC(N3CC[C@@H]([15NH]C(=O)C[15NH]C(=O)c4cccc(C(F)(F)F)c4)C3)CC2)c(C)c1. The van der Waals surface area contributed by atoms with E-state index in [-0.39, 0.29) is 46.9 Å². The lowest BCUT2D eigenvalue weighted by Gasteiger charge is -2.38. The Morgan fingerprint density at radius 1 is 0.689 bits per heavy atom. The molecule has 0 unspecified atom stereocenters. The number of likely N-dealkylation sites (tertiary alicyclic amines) is 2. The summed E-state index contributed by atoms with van der Waals surface area (Å²) in [6, 6.07) is 19.5. The number of ether oxygens (including phenoxy) is 2. The van der Waals surface area contributed by atoms with Crippen molar-refractivity contribution in [3.05, 3.63) is 112 Å². The molecule has 400 valence electrons. The number of nitrogens with one attached hydrogen (secondary N) is 3. The number of nitrogens with two attached hydrogens (primary N) is 1. The molecule has 3 amide bonds. The third kappa shape index (κ3) is 13.8. The molecule has 4 aliphatic heterocycles. The van der Waals surface area contributed by atoms with Crippen LogP contribution in [0.3, 0.4) is 0 Å².